The summed E-state index contributed by atoms with van der Waals surface area (Å²) in [6.45, 7) is 0.128. The predicted molar refractivity (Wildman–Crippen MR) is 65.0 cm³/mol. The average molecular weight is 250 g/mol. The number of aliphatic hydroxyl groups excluding tert-OH is 1. The van der Waals surface area contributed by atoms with Gasteiger partial charge in [0, 0.05) is 25.9 Å². The third-order valence-electron chi connectivity index (χ3n) is 2.21. The monoisotopic (exact) mass is 250 g/mol. The Labute approximate surface area is 104 Å². The van der Waals surface area contributed by atoms with E-state index in [0.717, 1.165) is 6.08 Å². The van der Waals surface area contributed by atoms with Crippen molar-refractivity contribution in [2.45, 2.75) is 0 Å². The topological polar surface area (TPSA) is 90.7 Å². The third kappa shape index (κ3) is 3.99. The second-order valence-corrected chi connectivity index (χ2v) is 3.60. The molecule has 1 aromatic heterocycles. The molecule has 0 saturated heterocycles. The minimum Gasteiger partial charge on any atom is -0.478 e. The van der Waals surface area contributed by atoms with Crippen LogP contribution in [0.1, 0.15) is 16.1 Å². The molecule has 1 amide bonds. The summed E-state index contributed by atoms with van der Waals surface area (Å²) in [4.78, 5) is 27.4. The van der Waals surface area contributed by atoms with E-state index in [1.807, 2.05) is 0 Å². The van der Waals surface area contributed by atoms with E-state index in [9.17, 15) is 9.59 Å². The summed E-state index contributed by atoms with van der Waals surface area (Å²) in [5.74, 6) is -1.34. The van der Waals surface area contributed by atoms with Gasteiger partial charge < -0.3 is 15.1 Å². The smallest absolute Gasteiger partial charge is 0.328 e. The van der Waals surface area contributed by atoms with Crippen molar-refractivity contribution in [2.75, 3.05) is 20.2 Å². The highest BCUT2D eigenvalue weighted by Gasteiger charge is 2.11. The van der Waals surface area contributed by atoms with E-state index in [1.165, 1.54) is 23.2 Å². The lowest BCUT2D eigenvalue weighted by atomic mass is 10.2. The fourth-order valence-electron chi connectivity index (χ4n) is 1.25. The fourth-order valence-corrected chi connectivity index (χ4v) is 1.25. The minimum atomic E-state index is -1.04. The molecule has 6 nitrogen and oxygen atoms in total. The van der Waals surface area contributed by atoms with Crippen LogP contribution in [0, 0.1) is 0 Å². The number of hydrogen-bond donors (Lipinski definition) is 2. The Kier molecular flexibility index (Phi) is 5.01. The van der Waals surface area contributed by atoms with E-state index >= 15 is 0 Å². The Morgan fingerprint density at radius 3 is 2.67 bits per heavy atom. The Balaban J connectivity index is 2.76. The van der Waals surface area contributed by atoms with Crippen molar-refractivity contribution in [3.05, 3.63) is 35.7 Å². The number of carbonyl (C=O) groups is 2. The number of aromatic nitrogens is 1. The highest BCUT2D eigenvalue weighted by molar-refractivity contribution is 5.92. The maximum atomic E-state index is 11.8. The van der Waals surface area contributed by atoms with Crippen molar-refractivity contribution in [3.8, 4) is 0 Å². The van der Waals surface area contributed by atoms with E-state index in [2.05, 4.69) is 4.98 Å². The van der Waals surface area contributed by atoms with Gasteiger partial charge in [0.25, 0.3) is 5.91 Å². The Bertz CT molecular complexity index is 454. The number of pyridine rings is 1. The first kappa shape index (κ1) is 13.9. The van der Waals surface area contributed by atoms with Crippen LogP contribution in [0.2, 0.25) is 0 Å². The number of rotatable bonds is 5. The summed E-state index contributed by atoms with van der Waals surface area (Å²) in [5, 5.41) is 17.2. The van der Waals surface area contributed by atoms with Crippen LogP contribution >= 0.6 is 0 Å². The van der Waals surface area contributed by atoms with E-state index in [-0.39, 0.29) is 24.8 Å². The van der Waals surface area contributed by atoms with Crippen molar-refractivity contribution in [2.24, 2.45) is 0 Å². The number of carbonyl (C=O) groups excluding carboxylic acids is 1. The first-order valence-corrected chi connectivity index (χ1v) is 5.28. The number of aliphatic carboxylic acids is 1. The van der Waals surface area contributed by atoms with Gasteiger partial charge in [0.1, 0.15) is 5.69 Å². The zero-order chi connectivity index (χ0) is 13.5. The molecule has 96 valence electrons. The number of carboxylic acids is 1. The SMILES string of the molecule is CN(CCO)C(=O)c1ccc(C=CC(=O)O)cn1. The van der Waals surface area contributed by atoms with Crippen LogP contribution in [0.25, 0.3) is 6.08 Å². The third-order valence-corrected chi connectivity index (χ3v) is 2.21. The highest BCUT2D eigenvalue weighted by Crippen LogP contribution is 2.04. The lowest BCUT2D eigenvalue weighted by Gasteiger charge is -2.14. The quantitative estimate of drug-likeness (QED) is 0.731. The summed E-state index contributed by atoms with van der Waals surface area (Å²) < 4.78 is 0. The molecule has 0 aliphatic carbocycles. The molecule has 0 spiro atoms. The molecule has 0 aromatic carbocycles. The van der Waals surface area contributed by atoms with E-state index in [0.29, 0.717) is 5.56 Å². The molecule has 1 rings (SSSR count). The van der Waals surface area contributed by atoms with Crippen molar-refractivity contribution < 1.29 is 19.8 Å². The molecule has 6 heteroatoms. The van der Waals surface area contributed by atoms with Crippen LogP contribution in [0.15, 0.2) is 24.4 Å². The number of amides is 1. The molecule has 18 heavy (non-hydrogen) atoms. The number of hydrogen-bond acceptors (Lipinski definition) is 4. The minimum absolute atomic E-state index is 0.109. The van der Waals surface area contributed by atoms with Gasteiger partial charge in [0.15, 0.2) is 0 Å². The van der Waals surface area contributed by atoms with Gasteiger partial charge in [-0.3, -0.25) is 9.78 Å². The van der Waals surface area contributed by atoms with Crippen molar-refractivity contribution in [3.63, 3.8) is 0 Å². The summed E-state index contributed by atoms with van der Waals surface area (Å²) in [5.41, 5.74) is 0.845. The van der Waals surface area contributed by atoms with E-state index in [4.69, 9.17) is 10.2 Å². The summed E-state index contributed by atoms with van der Waals surface area (Å²) in [7, 11) is 1.57. The first-order valence-electron chi connectivity index (χ1n) is 5.28. The number of nitrogens with zero attached hydrogens (tertiary/aromatic N) is 2. The molecular formula is C12H14N2O4. The Hall–Kier alpha value is -2.21. The average Bonchev–Trinajstić information content (AvgIpc) is 2.36. The zero-order valence-electron chi connectivity index (χ0n) is 9.91. The second kappa shape index (κ2) is 6.51. The Morgan fingerprint density at radius 1 is 1.44 bits per heavy atom. The number of carboxylic acid groups (broad SMARTS) is 1. The molecule has 0 unspecified atom stereocenters. The molecular weight excluding hydrogens is 236 g/mol. The van der Waals surface area contributed by atoms with Crippen LogP contribution in [-0.4, -0.2) is 52.2 Å². The molecule has 0 fully saturated rings. The second-order valence-electron chi connectivity index (χ2n) is 3.60. The molecule has 0 aliphatic rings. The predicted octanol–water partition coefficient (Wildman–Crippen LogP) is 0.244. The van der Waals surface area contributed by atoms with Gasteiger partial charge in [-0.15, -0.1) is 0 Å². The van der Waals surface area contributed by atoms with Crippen LogP contribution in [0.3, 0.4) is 0 Å². The number of likely N-dealkylation sites (N-methyl/N-ethyl adjacent to an activating group) is 1. The van der Waals surface area contributed by atoms with Gasteiger partial charge in [-0.05, 0) is 17.7 Å². The van der Waals surface area contributed by atoms with Gasteiger partial charge in [-0.2, -0.15) is 0 Å². The van der Waals surface area contributed by atoms with Gasteiger partial charge in [-0.25, -0.2) is 4.79 Å². The lowest BCUT2D eigenvalue weighted by molar-refractivity contribution is -0.131. The van der Waals surface area contributed by atoms with Crippen LogP contribution in [0.4, 0.5) is 0 Å². The molecule has 1 heterocycles. The normalized spacial score (nSPS) is 10.6. The first-order chi connectivity index (χ1) is 8.54. The molecule has 2 N–H and O–H groups in total. The molecule has 0 saturated carbocycles. The standard InChI is InChI=1S/C12H14N2O4/c1-14(6-7-15)12(18)10-4-2-9(8-13-10)3-5-11(16)17/h2-5,8,15H,6-7H2,1H3,(H,16,17). The van der Waals surface area contributed by atoms with Gasteiger partial charge in [-0.1, -0.05) is 6.07 Å². The fraction of sp³-hybridized carbons (Fsp3) is 0.250. The molecule has 0 atom stereocenters. The van der Waals surface area contributed by atoms with Crippen molar-refractivity contribution >= 4 is 18.0 Å². The van der Waals surface area contributed by atoms with E-state index < -0.39 is 5.97 Å². The maximum absolute atomic E-state index is 11.8. The highest BCUT2D eigenvalue weighted by atomic mass is 16.4. The summed E-state index contributed by atoms with van der Waals surface area (Å²) in [6.07, 6.45) is 3.80. The number of aliphatic hydroxyl groups is 1. The zero-order valence-corrected chi connectivity index (χ0v) is 9.91. The molecule has 0 radical (unpaired) electrons. The molecule has 1 aromatic rings. The van der Waals surface area contributed by atoms with Gasteiger partial charge >= 0.3 is 5.97 Å². The molecule has 0 bridgehead atoms. The Morgan fingerprint density at radius 2 is 2.17 bits per heavy atom. The van der Waals surface area contributed by atoms with Gasteiger partial charge in [0.2, 0.25) is 0 Å². The molecule has 0 aliphatic heterocycles. The van der Waals surface area contributed by atoms with Crippen LogP contribution in [0.5, 0.6) is 0 Å². The lowest BCUT2D eigenvalue weighted by Crippen LogP contribution is -2.30. The van der Waals surface area contributed by atoms with Crippen molar-refractivity contribution in [1.29, 1.82) is 0 Å². The van der Waals surface area contributed by atoms with Gasteiger partial charge in [0.05, 0.1) is 6.61 Å². The van der Waals surface area contributed by atoms with Crippen LogP contribution < -0.4 is 0 Å². The van der Waals surface area contributed by atoms with Crippen molar-refractivity contribution in [1.82, 2.24) is 9.88 Å². The maximum Gasteiger partial charge on any atom is 0.328 e. The van der Waals surface area contributed by atoms with Crippen LogP contribution in [-0.2, 0) is 4.79 Å². The largest absolute Gasteiger partial charge is 0.478 e. The summed E-state index contributed by atoms with van der Waals surface area (Å²) >= 11 is 0. The van der Waals surface area contributed by atoms with E-state index in [1.54, 1.807) is 13.1 Å². The summed E-state index contributed by atoms with van der Waals surface area (Å²) in [6, 6.07) is 3.12.